The summed E-state index contributed by atoms with van der Waals surface area (Å²) < 4.78 is 9.93. The summed E-state index contributed by atoms with van der Waals surface area (Å²) in [5.41, 5.74) is 0. The second-order valence-electron chi connectivity index (χ2n) is 3.96. The minimum atomic E-state index is -0.231. The van der Waals surface area contributed by atoms with Gasteiger partial charge < -0.3 is 19.7 Å². The van der Waals surface area contributed by atoms with E-state index in [9.17, 15) is 0 Å². The molecule has 5 nitrogen and oxygen atoms in total. The number of ether oxygens (including phenoxy) is 2. The summed E-state index contributed by atoms with van der Waals surface area (Å²) in [5, 5.41) is 17.2. The fraction of sp³-hybridized carbons (Fsp3) is 1.00. The van der Waals surface area contributed by atoms with E-state index in [1.54, 1.807) is 0 Å². The first-order chi connectivity index (χ1) is 8.29. The summed E-state index contributed by atoms with van der Waals surface area (Å²) >= 11 is 0. The van der Waals surface area contributed by atoms with Gasteiger partial charge >= 0.3 is 0 Å². The van der Waals surface area contributed by atoms with Crippen molar-refractivity contribution >= 4 is 0 Å². The zero-order valence-corrected chi connectivity index (χ0v) is 11.1. The van der Waals surface area contributed by atoms with E-state index in [1.165, 1.54) is 0 Å². The fourth-order valence-electron chi connectivity index (χ4n) is 1.95. The third-order valence-electron chi connectivity index (χ3n) is 2.84. The Morgan fingerprint density at radius 1 is 1.00 bits per heavy atom. The molecule has 1 unspecified atom stereocenters. The lowest BCUT2D eigenvalue weighted by Gasteiger charge is -2.30. The number of rotatable bonds is 12. The smallest absolute Gasteiger partial charge is 0.143 e. The highest BCUT2D eigenvalue weighted by Gasteiger charge is 2.15. The topological polar surface area (TPSA) is 62.2 Å². The summed E-state index contributed by atoms with van der Waals surface area (Å²) in [5.74, 6) is 0. The Hall–Kier alpha value is -0.200. The van der Waals surface area contributed by atoms with Crippen molar-refractivity contribution in [1.82, 2.24) is 4.90 Å². The molecule has 0 bridgehead atoms. The van der Waals surface area contributed by atoms with E-state index < -0.39 is 0 Å². The Balaban J connectivity index is 4.04. The lowest BCUT2D eigenvalue weighted by molar-refractivity contribution is -0.0318. The van der Waals surface area contributed by atoms with Crippen molar-refractivity contribution in [3.8, 4) is 0 Å². The molecule has 104 valence electrons. The molecule has 5 heteroatoms. The molecule has 0 rings (SSSR count). The van der Waals surface area contributed by atoms with E-state index in [0.29, 0.717) is 19.3 Å². The molecule has 0 spiro atoms. The van der Waals surface area contributed by atoms with Crippen LogP contribution in [0.15, 0.2) is 0 Å². The first-order valence-corrected chi connectivity index (χ1v) is 6.41. The van der Waals surface area contributed by atoms with Gasteiger partial charge in [0.15, 0.2) is 0 Å². The molecule has 0 aromatic carbocycles. The highest BCUT2D eigenvalue weighted by atomic mass is 16.6. The van der Waals surface area contributed by atoms with Crippen molar-refractivity contribution in [1.29, 1.82) is 0 Å². The van der Waals surface area contributed by atoms with E-state index in [0.717, 1.165) is 32.4 Å². The predicted molar refractivity (Wildman–Crippen MR) is 66.6 cm³/mol. The van der Waals surface area contributed by atoms with E-state index >= 15 is 0 Å². The lowest BCUT2D eigenvalue weighted by atomic mass is 10.1. The second-order valence-corrected chi connectivity index (χ2v) is 3.96. The fourth-order valence-corrected chi connectivity index (χ4v) is 1.95. The molecule has 0 aromatic rings. The van der Waals surface area contributed by atoms with Crippen LogP contribution in [-0.4, -0.2) is 61.0 Å². The molecular formula is C12H27NO4. The number of aliphatic hydroxyl groups excluding tert-OH is 2. The Kier molecular flexibility index (Phi) is 12.1. The van der Waals surface area contributed by atoms with Crippen LogP contribution < -0.4 is 0 Å². The van der Waals surface area contributed by atoms with Gasteiger partial charge in [-0.3, -0.25) is 4.90 Å². The Morgan fingerprint density at radius 2 is 1.53 bits per heavy atom. The maximum atomic E-state index is 8.59. The number of aliphatic hydroxyl groups is 2. The van der Waals surface area contributed by atoms with Crippen LogP contribution >= 0.6 is 0 Å². The highest BCUT2D eigenvalue weighted by Crippen LogP contribution is 2.10. The Labute approximate surface area is 104 Å². The first-order valence-electron chi connectivity index (χ1n) is 6.41. The summed E-state index contributed by atoms with van der Waals surface area (Å²) in [7, 11) is 0. The van der Waals surface area contributed by atoms with Gasteiger partial charge in [0.2, 0.25) is 0 Å². The van der Waals surface area contributed by atoms with E-state index in [1.807, 2.05) is 0 Å². The molecule has 0 saturated heterocycles. The third-order valence-corrected chi connectivity index (χ3v) is 2.84. The summed E-state index contributed by atoms with van der Waals surface area (Å²) in [6, 6.07) is 0.518. The summed E-state index contributed by atoms with van der Waals surface area (Å²) in [6.07, 6.45) is 3.39. The molecule has 0 aliphatic carbocycles. The van der Waals surface area contributed by atoms with E-state index in [-0.39, 0.29) is 13.6 Å². The van der Waals surface area contributed by atoms with Gasteiger partial charge in [0, 0.05) is 19.1 Å². The molecule has 0 aliphatic heterocycles. The van der Waals surface area contributed by atoms with Crippen LogP contribution in [0.25, 0.3) is 0 Å². The van der Waals surface area contributed by atoms with Crippen LogP contribution in [-0.2, 0) is 9.47 Å². The van der Waals surface area contributed by atoms with Crippen molar-refractivity contribution in [2.75, 3.05) is 39.9 Å². The molecular weight excluding hydrogens is 222 g/mol. The monoisotopic (exact) mass is 249 g/mol. The number of nitrogens with zero attached hydrogens (tertiary/aromatic N) is 1. The van der Waals surface area contributed by atoms with Crippen molar-refractivity contribution in [2.24, 2.45) is 0 Å². The van der Waals surface area contributed by atoms with Crippen LogP contribution in [0.1, 0.15) is 33.1 Å². The van der Waals surface area contributed by atoms with Gasteiger partial charge in [0.25, 0.3) is 0 Å². The zero-order valence-electron chi connectivity index (χ0n) is 11.1. The summed E-state index contributed by atoms with van der Waals surface area (Å²) in [6.45, 7) is 6.51. The molecule has 17 heavy (non-hydrogen) atoms. The van der Waals surface area contributed by atoms with E-state index in [4.69, 9.17) is 19.7 Å². The molecule has 0 heterocycles. The van der Waals surface area contributed by atoms with Gasteiger partial charge in [0.1, 0.15) is 13.6 Å². The standard InChI is InChI=1S/C12H27NO4/c1-3-5-12(4-2)13(6-8-16-10-14)7-9-17-11-15/h12,14-15H,3-11H2,1-2H3. The largest absolute Gasteiger partial charge is 0.371 e. The average Bonchev–Trinajstić information content (AvgIpc) is 2.35. The lowest BCUT2D eigenvalue weighted by Crippen LogP contribution is -2.39. The van der Waals surface area contributed by atoms with Crippen molar-refractivity contribution in [3.05, 3.63) is 0 Å². The number of hydrogen-bond acceptors (Lipinski definition) is 5. The van der Waals surface area contributed by atoms with Crippen molar-refractivity contribution in [3.63, 3.8) is 0 Å². The van der Waals surface area contributed by atoms with Gasteiger partial charge in [-0.2, -0.15) is 0 Å². The number of hydrogen-bond donors (Lipinski definition) is 2. The molecule has 0 amide bonds. The molecule has 0 aromatic heterocycles. The van der Waals surface area contributed by atoms with Crippen LogP contribution in [0.5, 0.6) is 0 Å². The van der Waals surface area contributed by atoms with Crippen molar-refractivity contribution < 1.29 is 19.7 Å². The minimum absolute atomic E-state index is 0.231. The highest BCUT2D eigenvalue weighted by molar-refractivity contribution is 4.70. The minimum Gasteiger partial charge on any atom is -0.371 e. The molecule has 1 atom stereocenters. The van der Waals surface area contributed by atoms with Gasteiger partial charge in [-0.1, -0.05) is 20.3 Å². The second kappa shape index (κ2) is 12.3. The SMILES string of the molecule is CCCC(CC)N(CCOCO)CCOCO. The molecule has 0 aliphatic rings. The van der Waals surface area contributed by atoms with Gasteiger partial charge in [-0.15, -0.1) is 0 Å². The van der Waals surface area contributed by atoms with Gasteiger partial charge in [0.05, 0.1) is 13.2 Å². The molecule has 0 radical (unpaired) electrons. The van der Waals surface area contributed by atoms with Crippen molar-refractivity contribution in [2.45, 2.75) is 39.2 Å². The first kappa shape index (κ1) is 16.8. The van der Waals surface area contributed by atoms with Crippen LogP contribution in [0.2, 0.25) is 0 Å². The Morgan fingerprint density at radius 3 is 1.88 bits per heavy atom. The Bertz CT molecular complexity index is 147. The maximum Gasteiger partial charge on any atom is 0.143 e. The van der Waals surface area contributed by atoms with Gasteiger partial charge in [-0.05, 0) is 12.8 Å². The zero-order chi connectivity index (χ0) is 12.9. The quantitative estimate of drug-likeness (QED) is 0.396. The maximum absolute atomic E-state index is 8.59. The normalized spacial score (nSPS) is 13.2. The molecule has 2 N–H and O–H groups in total. The van der Waals surface area contributed by atoms with Gasteiger partial charge in [-0.25, -0.2) is 0 Å². The summed E-state index contributed by atoms with van der Waals surface area (Å²) in [4.78, 5) is 2.30. The van der Waals surface area contributed by atoms with Crippen LogP contribution in [0.3, 0.4) is 0 Å². The predicted octanol–water partition coefficient (Wildman–Crippen LogP) is 0.800. The average molecular weight is 249 g/mol. The van der Waals surface area contributed by atoms with Crippen LogP contribution in [0.4, 0.5) is 0 Å². The molecule has 0 fully saturated rings. The third kappa shape index (κ3) is 8.51. The molecule has 0 saturated carbocycles. The van der Waals surface area contributed by atoms with Crippen LogP contribution in [0, 0.1) is 0 Å². The van der Waals surface area contributed by atoms with E-state index in [2.05, 4.69) is 18.7 Å².